The summed E-state index contributed by atoms with van der Waals surface area (Å²) in [5.41, 5.74) is 3.55. The van der Waals surface area contributed by atoms with Gasteiger partial charge in [0, 0.05) is 14.5 Å². The van der Waals surface area contributed by atoms with E-state index in [1.807, 2.05) is 32.0 Å². The minimum Gasteiger partial charge on any atom is -0.384 e. The average molecular weight is 360 g/mol. The summed E-state index contributed by atoms with van der Waals surface area (Å²) in [6.45, 7) is 3.86. The summed E-state index contributed by atoms with van der Waals surface area (Å²) in [4.78, 5) is 0. The summed E-state index contributed by atoms with van der Waals surface area (Å²) in [7, 11) is 0. The number of aliphatic hydroxyl groups excluding tert-OH is 1. The van der Waals surface area contributed by atoms with Crippen LogP contribution in [0.15, 0.2) is 34.8 Å². The number of hydrogen-bond acceptors (Lipinski definition) is 1. The van der Waals surface area contributed by atoms with Gasteiger partial charge in [0.05, 0.1) is 0 Å². The SMILES string of the molecule is Cc1cc(C(O)c2ccc(Cl)cc2Br)c(C)cc1Cl. The van der Waals surface area contributed by atoms with Crippen LogP contribution >= 0.6 is 39.1 Å². The highest BCUT2D eigenvalue weighted by atomic mass is 79.9. The quantitative estimate of drug-likeness (QED) is 0.755. The fourth-order valence-corrected chi connectivity index (χ4v) is 3.11. The molecule has 0 radical (unpaired) electrons. The standard InChI is InChI=1S/C15H13BrCl2O/c1-8-6-14(18)9(2)5-12(8)15(19)11-4-3-10(17)7-13(11)16/h3-7,15,19H,1-2H3. The molecule has 0 aliphatic rings. The topological polar surface area (TPSA) is 20.2 Å². The Morgan fingerprint density at radius 2 is 1.68 bits per heavy atom. The first-order valence-electron chi connectivity index (χ1n) is 5.80. The van der Waals surface area contributed by atoms with Crippen molar-refractivity contribution in [3.8, 4) is 0 Å². The van der Waals surface area contributed by atoms with Crippen molar-refractivity contribution in [3.05, 3.63) is 67.1 Å². The van der Waals surface area contributed by atoms with Crippen LogP contribution in [0.4, 0.5) is 0 Å². The maximum Gasteiger partial charge on any atom is 0.105 e. The fraction of sp³-hybridized carbons (Fsp3) is 0.200. The molecule has 1 atom stereocenters. The van der Waals surface area contributed by atoms with Gasteiger partial charge < -0.3 is 5.11 Å². The van der Waals surface area contributed by atoms with Crippen molar-refractivity contribution >= 4 is 39.1 Å². The zero-order valence-corrected chi connectivity index (χ0v) is 13.6. The molecule has 0 amide bonds. The van der Waals surface area contributed by atoms with Gasteiger partial charge in [0.1, 0.15) is 6.10 Å². The van der Waals surface area contributed by atoms with Crippen molar-refractivity contribution in [2.75, 3.05) is 0 Å². The van der Waals surface area contributed by atoms with E-state index in [2.05, 4.69) is 15.9 Å². The molecule has 2 aromatic rings. The Morgan fingerprint density at radius 1 is 1.00 bits per heavy atom. The lowest BCUT2D eigenvalue weighted by molar-refractivity contribution is 0.218. The van der Waals surface area contributed by atoms with E-state index in [4.69, 9.17) is 23.2 Å². The molecule has 0 saturated heterocycles. The van der Waals surface area contributed by atoms with Gasteiger partial charge in [-0.15, -0.1) is 0 Å². The van der Waals surface area contributed by atoms with E-state index < -0.39 is 6.10 Å². The predicted molar refractivity (Wildman–Crippen MR) is 84.1 cm³/mol. The van der Waals surface area contributed by atoms with Gasteiger partial charge in [-0.2, -0.15) is 0 Å². The van der Waals surface area contributed by atoms with Crippen molar-refractivity contribution in [1.82, 2.24) is 0 Å². The summed E-state index contributed by atoms with van der Waals surface area (Å²) in [6.07, 6.45) is -0.706. The molecular formula is C15H13BrCl2O. The van der Waals surface area contributed by atoms with Crippen LogP contribution in [0.25, 0.3) is 0 Å². The van der Waals surface area contributed by atoms with Gasteiger partial charge >= 0.3 is 0 Å². The molecule has 0 aromatic heterocycles. The molecule has 2 rings (SSSR count). The highest BCUT2D eigenvalue weighted by molar-refractivity contribution is 9.10. The molecule has 19 heavy (non-hydrogen) atoms. The Morgan fingerprint density at radius 3 is 2.32 bits per heavy atom. The predicted octanol–water partition coefficient (Wildman–Crippen LogP) is 5.45. The molecule has 0 saturated carbocycles. The minimum absolute atomic E-state index is 0.631. The summed E-state index contributed by atoms with van der Waals surface area (Å²) in [6, 6.07) is 9.16. The van der Waals surface area contributed by atoms with Crippen LogP contribution in [0.2, 0.25) is 10.0 Å². The fourth-order valence-electron chi connectivity index (χ4n) is 1.99. The zero-order valence-electron chi connectivity index (χ0n) is 10.5. The van der Waals surface area contributed by atoms with E-state index >= 15 is 0 Å². The molecule has 1 unspecified atom stereocenters. The smallest absolute Gasteiger partial charge is 0.105 e. The maximum atomic E-state index is 10.5. The van der Waals surface area contributed by atoms with Crippen molar-refractivity contribution < 1.29 is 5.11 Å². The summed E-state index contributed by atoms with van der Waals surface area (Å²) < 4.78 is 0.791. The van der Waals surface area contributed by atoms with Crippen molar-refractivity contribution in [1.29, 1.82) is 0 Å². The Hall–Kier alpha value is -0.540. The van der Waals surface area contributed by atoms with E-state index in [1.165, 1.54) is 0 Å². The lowest BCUT2D eigenvalue weighted by Gasteiger charge is -2.17. The molecule has 0 heterocycles. The Kier molecular flexibility index (Phi) is 4.57. The number of hydrogen-bond donors (Lipinski definition) is 1. The van der Waals surface area contributed by atoms with E-state index in [1.54, 1.807) is 12.1 Å². The Bertz CT molecular complexity index is 626. The first kappa shape index (κ1) is 14.9. The van der Waals surface area contributed by atoms with Crippen LogP contribution in [-0.2, 0) is 0 Å². The molecule has 2 aromatic carbocycles. The lowest BCUT2D eigenvalue weighted by atomic mass is 9.96. The monoisotopic (exact) mass is 358 g/mol. The number of aliphatic hydroxyl groups is 1. The first-order valence-corrected chi connectivity index (χ1v) is 7.34. The van der Waals surface area contributed by atoms with E-state index in [9.17, 15) is 5.11 Å². The van der Waals surface area contributed by atoms with Gasteiger partial charge in [-0.05, 0) is 54.3 Å². The average Bonchev–Trinajstić information content (AvgIpc) is 2.33. The number of rotatable bonds is 2. The number of benzene rings is 2. The molecule has 0 fully saturated rings. The Labute approximate surface area is 131 Å². The molecule has 0 spiro atoms. The van der Waals surface area contributed by atoms with E-state index in [-0.39, 0.29) is 0 Å². The highest BCUT2D eigenvalue weighted by Crippen LogP contribution is 2.33. The van der Waals surface area contributed by atoms with Gasteiger partial charge in [-0.3, -0.25) is 0 Å². The van der Waals surface area contributed by atoms with Crippen LogP contribution in [0.5, 0.6) is 0 Å². The summed E-state index contributed by atoms with van der Waals surface area (Å²) >= 11 is 15.4. The summed E-state index contributed by atoms with van der Waals surface area (Å²) in [5, 5.41) is 11.9. The molecule has 4 heteroatoms. The maximum absolute atomic E-state index is 10.5. The van der Waals surface area contributed by atoms with Crippen molar-refractivity contribution in [2.45, 2.75) is 20.0 Å². The highest BCUT2D eigenvalue weighted by Gasteiger charge is 2.17. The molecule has 0 aliphatic heterocycles. The molecule has 1 N–H and O–H groups in total. The van der Waals surface area contributed by atoms with Crippen LogP contribution in [0.1, 0.15) is 28.4 Å². The van der Waals surface area contributed by atoms with Gasteiger partial charge in [0.25, 0.3) is 0 Å². The number of aryl methyl sites for hydroxylation is 2. The van der Waals surface area contributed by atoms with Crippen LogP contribution in [0.3, 0.4) is 0 Å². The largest absolute Gasteiger partial charge is 0.384 e. The van der Waals surface area contributed by atoms with E-state index in [0.29, 0.717) is 10.0 Å². The van der Waals surface area contributed by atoms with Gasteiger partial charge in [0.15, 0.2) is 0 Å². The third-order valence-electron chi connectivity index (χ3n) is 3.10. The van der Waals surface area contributed by atoms with Gasteiger partial charge in [-0.1, -0.05) is 51.3 Å². The third kappa shape index (κ3) is 3.14. The van der Waals surface area contributed by atoms with Crippen molar-refractivity contribution in [3.63, 3.8) is 0 Å². The second kappa shape index (κ2) is 5.84. The molecule has 1 nitrogen and oxygen atoms in total. The first-order chi connectivity index (χ1) is 8.90. The molecule has 0 bridgehead atoms. The zero-order chi connectivity index (χ0) is 14.2. The van der Waals surface area contributed by atoms with Crippen LogP contribution in [0, 0.1) is 13.8 Å². The third-order valence-corrected chi connectivity index (χ3v) is 4.43. The Balaban J connectivity index is 2.49. The van der Waals surface area contributed by atoms with Crippen molar-refractivity contribution in [2.24, 2.45) is 0 Å². The normalized spacial score (nSPS) is 12.5. The molecular weight excluding hydrogens is 347 g/mol. The van der Waals surface area contributed by atoms with Crippen LogP contribution < -0.4 is 0 Å². The minimum atomic E-state index is -0.706. The second-order valence-electron chi connectivity index (χ2n) is 4.53. The van der Waals surface area contributed by atoms with Gasteiger partial charge in [0.2, 0.25) is 0 Å². The molecule has 0 aliphatic carbocycles. The van der Waals surface area contributed by atoms with Crippen LogP contribution in [-0.4, -0.2) is 5.11 Å². The number of halogens is 3. The summed E-state index contributed by atoms with van der Waals surface area (Å²) in [5.74, 6) is 0. The van der Waals surface area contributed by atoms with Gasteiger partial charge in [-0.25, -0.2) is 0 Å². The molecule has 100 valence electrons. The van der Waals surface area contributed by atoms with E-state index in [0.717, 1.165) is 26.7 Å². The lowest BCUT2D eigenvalue weighted by Crippen LogP contribution is -2.03. The second-order valence-corrected chi connectivity index (χ2v) is 6.22.